The van der Waals surface area contributed by atoms with Gasteiger partial charge in [-0.05, 0) is 43.4 Å². The fourth-order valence-electron chi connectivity index (χ4n) is 3.08. The van der Waals surface area contributed by atoms with Gasteiger partial charge in [0.05, 0.1) is 6.54 Å². The molecule has 1 aliphatic rings. The molecule has 0 spiro atoms. The maximum atomic E-state index is 11.8. The number of nitrogens with one attached hydrogen (secondary N) is 1. The molecule has 0 aromatic heterocycles. The Bertz CT molecular complexity index is 586. The Morgan fingerprint density at radius 1 is 1.23 bits per heavy atom. The number of nitrogens with two attached hydrogens (primary N) is 1. The van der Waals surface area contributed by atoms with E-state index in [1.807, 2.05) is 29.2 Å². The van der Waals surface area contributed by atoms with Gasteiger partial charge in [0.2, 0.25) is 5.91 Å². The molecule has 1 fully saturated rings. The highest BCUT2D eigenvalue weighted by Gasteiger charge is 2.21. The first kappa shape index (κ1) is 22.7. The zero-order chi connectivity index (χ0) is 18.2. The highest BCUT2D eigenvalue weighted by atomic mass is 127. The van der Waals surface area contributed by atoms with Crippen LogP contribution in [0.3, 0.4) is 0 Å². The maximum Gasteiger partial charge on any atom is 0.227 e. The van der Waals surface area contributed by atoms with Gasteiger partial charge in [0.25, 0.3) is 0 Å². The number of halogens is 1. The molecule has 1 aromatic carbocycles. The van der Waals surface area contributed by atoms with Gasteiger partial charge in [0.15, 0.2) is 5.96 Å². The van der Waals surface area contributed by atoms with E-state index in [2.05, 4.69) is 31.1 Å². The zero-order valence-corrected chi connectivity index (χ0v) is 18.5. The summed E-state index contributed by atoms with van der Waals surface area (Å²) in [5, 5.41) is 3.26. The number of rotatable bonds is 8. The Balaban J connectivity index is 0.00000338. The van der Waals surface area contributed by atoms with Gasteiger partial charge in [-0.2, -0.15) is 0 Å². The molecule has 1 unspecified atom stereocenters. The molecule has 3 N–H and O–H groups in total. The molecule has 1 amide bonds. The van der Waals surface area contributed by atoms with E-state index in [1.165, 1.54) is 12.8 Å². The summed E-state index contributed by atoms with van der Waals surface area (Å²) in [4.78, 5) is 18.0. The number of carbonyl (C=O) groups is 1. The van der Waals surface area contributed by atoms with Crippen LogP contribution >= 0.6 is 24.0 Å². The molecule has 1 atom stereocenters. The molecule has 5 nitrogen and oxygen atoms in total. The first-order chi connectivity index (χ1) is 12.0. The van der Waals surface area contributed by atoms with Crippen molar-refractivity contribution in [2.45, 2.75) is 65.5 Å². The number of hydrogen-bond acceptors (Lipinski definition) is 2. The molecule has 1 aromatic rings. The third-order valence-electron chi connectivity index (χ3n) is 4.57. The van der Waals surface area contributed by atoms with Gasteiger partial charge in [-0.3, -0.25) is 4.79 Å². The van der Waals surface area contributed by atoms with E-state index in [1.54, 1.807) is 0 Å². The molecule has 1 heterocycles. The van der Waals surface area contributed by atoms with Crippen molar-refractivity contribution in [3.8, 4) is 0 Å². The van der Waals surface area contributed by atoms with Crippen molar-refractivity contribution >= 4 is 41.5 Å². The quantitative estimate of drug-likeness (QED) is 0.341. The van der Waals surface area contributed by atoms with E-state index in [-0.39, 0.29) is 29.9 Å². The Labute approximate surface area is 174 Å². The molecule has 0 saturated carbocycles. The SMILES string of the molecule is CC(C)CCCC(C)NC(N)=NCc1ccc(N2CCCC2=O)cc1.I. The van der Waals surface area contributed by atoms with Crippen LogP contribution in [0.2, 0.25) is 0 Å². The molecule has 146 valence electrons. The first-order valence-corrected chi connectivity index (χ1v) is 9.41. The molecular formula is C20H33IN4O. The lowest BCUT2D eigenvalue weighted by molar-refractivity contribution is -0.117. The minimum Gasteiger partial charge on any atom is -0.370 e. The van der Waals surface area contributed by atoms with Crippen LogP contribution < -0.4 is 16.0 Å². The molecule has 6 heteroatoms. The number of aliphatic imine (C=N–C) groups is 1. The number of hydrogen-bond donors (Lipinski definition) is 2. The molecule has 2 rings (SSSR count). The van der Waals surface area contributed by atoms with Gasteiger partial charge < -0.3 is 16.0 Å². The number of carbonyl (C=O) groups excluding carboxylic acids is 1. The molecular weight excluding hydrogens is 439 g/mol. The molecule has 0 aliphatic carbocycles. The van der Waals surface area contributed by atoms with Crippen LogP contribution in [0.15, 0.2) is 29.3 Å². The van der Waals surface area contributed by atoms with Crippen molar-refractivity contribution in [1.29, 1.82) is 0 Å². The molecule has 1 aliphatic heterocycles. The standard InChI is InChI=1S/C20H32N4O.HI/c1-15(2)6-4-7-16(3)23-20(21)22-14-17-9-11-18(12-10-17)24-13-5-8-19(24)25;/h9-12,15-16H,4-8,13-14H2,1-3H3,(H3,21,22,23);1H. The number of nitrogens with zero attached hydrogens (tertiary/aromatic N) is 2. The summed E-state index contributed by atoms with van der Waals surface area (Å²) < 4.78 is 0. The smallest absolute Gasteiger partial charge is 0.227 e. The zero-order valence-electron chi connectivity index (χ0n) is 16.2. The molecule has 0 radical (unpaired) electrons. The molecule has 0 bridgehead atoms. The van der Waals surface area contributed by atoms with Crippen LogP contribution in [0.1, 0.15) is 58.4 Å². The lowest BCUT2D eigenvalue weighted by atomic mass is 10.0. The number of guanidine groups is 1. The summed E-state index contributed by atoms with van der Waals surface area (Å²) in [7, 11) is 0. The van der Waals surface area contributed by atoms with Crippen LogP contribution in [0.25, 0.3) is 0 Å². The largest absolute Gasteiger partial charge is 0.370 e. The fourth-order valence-corrected chi connectivity index (χ4v) is 3.08. The third kappa shape index (κ3) is 7.51. The second-order valence-electron chi connectivity index (χ2n) is 7.39. The summed E-state index contributed by atoms with van der Waals surface area (Å²) in [5.41, 5.74) is 8.05. The number of benzene rings is 1. The lowest BCUT2D eigenvalue weighted by Crippen LogP contribution is -2.38. The van der Waals surface area contributed by atoms with Crippen molar-refractivity contribution < 1.29 is 4.79 Å². The Kier molecular flexibility index (Phi) is 9.98. The van der Waals surface area contributed by atoms with Crippen molar-refractivity contribution in [3.63, 3.8) is 0 Å². The Morgan fingerprint density at radius 3 is 2.50 bits per heavy atom. The highest BCUT2D eigenvalue weighted by molar-refractivity contribution is 14.0. The van der Waals surface area contributed by atoms with Crippen LogP contribution in [0.5, 0.6) is 0 Å². The summed E-state index contributed by atoms with van der Waals surface area (Å²) in [5.74, 6) is 1.46. The molecule has 1 saturated heterocycles. The number of amides is 1. The average Bonchev–Trinajstić information content (AvgIpc) is 2.99. The van der Waals surface area contributed by atoms with Crippen LogP contribution in [0, 0.1) is 5.92 Å². The Hall–Kier alpha value is -1.31. The number of anilines is 1. The van der Waals surface area contributed by atoms with E-state index in [9.17, 15) is 4.79 Å². The van der Waals surface area contributed by atoms with Crippen molar-refractivity contribution in [2.24, 2.45) is 16.6 Å². The van der Waals surface area contributed by atoms with E-state index in [0.717, 1.165) is 36.6 Å². The van der Waals surface area contributed by atoms with Gasteiger partial charge in [0, 0.05) is 24.7 Å². The summed E-state index contributed by atoms with van der Waals surface area (Å²) in [6, 6.07) is 8.36. The van der Waals surface area contributed by atoms with Crippen LogP contribution in [-0.4, -0.2) is 24.5 Å². The lowest BCUT2D eigenvalue weighted by Gasteiger charge is -2.16. The average molecular weight is 472 g/mol. The van der Waals surface area contributed by atoms with Gasteiger partial charge in [-0.15, -0.1) is 24.0 Å². The minimum atomic E-state index is 0. The first-order valence-electron chi connectivity index (χ1n) is 9.41. The topological polar surface area (TPSA) is 70.7 Å². The van der Waals surface area contributed by atoms with E-state index in [0.29, 0.717) is 25.0 Å². The second kappa shape index (κ2) is 11.4. The van der Waals surface area contributed by atoms with E-state index >= 15 is 0 Å². The third-order valence-corrected chi connectivity index (χ3v) is 4.57. The van der Waals surface area contributed by atoms with Crippen molar-refractivity contribution in [1.82, 2.24) is 5.32 Å². The minimum absolute atomic E-state index is 0. The van der Waals surface area contributed by atoms with E-state index in [4.69, 9.17) is 5.73 Å². The van der Waals surface area contributed by atoms with Gasteiger partial charge in [-0.25, -0.2) is 4.99 Å². The summed E-state index contributed by atoms with van der Waals surface area (Å²) >= 11 is 0. The van der Waals surface area contributed by atoms with Crippen LogP contribution in [-0.2, 0) is 11.3 Å². The van der Waals surface area contributed by atoms with Gasteiger partial charge in [0.1, 0.15) is 0 Å². The van der Waals surface area contributed by atoms with Crippen molar-refractivity contribution in [3.05, 3.63) is 29.8 Å². The summed E-state index contributed by atoms with van der Waals surface area (Å²) in [6.07, 6.45) is 5.16. The normalized spacial score (nSPS) is 15.9. The monoisotopic (exact) mass is 472 g/mol. The second-order valence-corrected chi connectivity index (χ2v) is 7.39. The predicted octanol–water partition coefficient (Wildman–Crippen LogP) is 4.05. The van der Waals surface area contributed by atoms with Gasteiger partial charge >= 0.3 is 0 Å². The summed E-state index contributed by atoms with van der Waals surface area (Å²) in [6.45, 7) is 8.01. The van der Waals surface area contributed by atoms with E-state index < -0.39 is 0 Å². The maximum absolute atomic E-state index is 11.8. The van der Waals surface area contributed by atoms with Crippen LogP contribution in [0.4, 0.5) is 5.69 Å². The Morgan fingerprint density at radius 2 is 1.92 bits per heavy atom. The highest BCUT2D eigenvalue weighted by Crippen LogP contribution is 2.21. The predicted molar refractivity (Wildman–Crippen MR) is 120 cm³/mol. The molecule has 26 heavy (non-hydrogen) atoms. The van der Waals surface area contributed by atoms with Gasteiger partial charge in [-0.1, -0.05) is 38.8 Å². The van der Waals surface area contributed by atoms with Crippen molar-refractivity contribution in [2.75, 3.05) is 11.4 Å². The fraction of sp³-hybridized carbons (Fsp3) is 0.600.